The Hall–Kier alpha value is -3.28. The first kappa shape index (κ1) is 18.7. The highest BCUT2D eigenvalue weighted by atomic mass is 16.2. The quantitative estimate of drug-likeness (QED) is 0.575. The Labute approximate surface area is 175 Å². The number of hydrogen-bond donors (Lipinski definition) is 3. The zero-order valence-electron chi connectivity index (χ0n) is 17.5. The van der Waals surface area contributed by atoms with Crippen LogP contribution in [-0.4, -0.2) is 29.0 Å². The number of amides is 3. The van der Waals surface area contributed by atoms with Crippen molar-refractivity contribution < 1.29 is 9.59 Å². The molecule has 1 aliphatic heterocycles. The lowest BCUT2D eigenvalue weighted by atomic mass is 9.90. The van der Waals surface area contributed by atoms with E-state index in [1.165, 1.54) is 32.6 Å². The van der Waals surface area contributed by atoms with E-state index in [2.05, 4.69) is 40.7 Å². The zero-order valence-corrected chi connectivity index (χ0v) is 17.5. The molecule has 1 saturated heterocycles. The summed E-state index contributed by atoms with van der Waals surface area (Å²) in [7, 11) is 0. The number of benzene rings is 2. The molecule has 2 unspecified atom stereocenters. The number of fused-ring (bicyclic) bond motifs is 3. The van der Waals surface area contributed by atoms with Gasteiger partial charge in [0.1, 0.15) is 6.04 Å². The average molecular weight is 402 g/mol. The lowest BCUT2D eigenvalue weighted by molar-refractivity contribution is -0.117. The van der Waals surface area contributed by atoms with Crippen molar-refractivity contribution in [2.24, 2.45) is 0 Å². The van der Waals surface area contributed by atoms with Gasteiger partial charge >= 0.3 is 6.03 Å². The smallest absolute Gasteiger partial charge is 0.329 e. The Kier molecular flexibility index (Phi) is 4.31. The van der Waals surface area contributed by atoms with Crippen molar-refractivity contribution in [2.75, 3.05) is 10.2 Å². The van der Waals surface area contributed by atoms with Gasteiger partial charge in [-0.2, -0.15) is 0 Å². The second kappa shape index (κ2) is 6.90. The number of H-pyrrole nitrogens is 1. The van der Waals surface area contributed by atoms with E-state index in [0.717, 1.165) is 30.5 Å². The number of imide groups is 1. The number of urea groups is 1. The van der Waals surface area contributed by atoms with Gasteiger partial charge in [-0.3, -0.25) is 4.79 Å². The van der Waals surface area contributed by atoms with Gasteiger partial charge in [-0.15, -0.1) is 0 Å². The summed E-state index contributed by atoms with van der Waals surface area (Å²) in [6.45, 7) is 5.80. The monoisotopic (exact) mass is 402 g/mol. The fourth-order valence-electron chi connectivity index (χ4n) is 4.73. The highest BCUT2D eigenvalue weighted by Crippen LogP contribution is 2.33. The van der Waals surface area contributed by atoms with Gasteiger partial charge in [-0.1, -0.05) is 17.7 Å². The second-order valence-corrected chi connectivity index (χ2v) is 8.51. The van der Waals surface area contributed by atoms with Crippen LogP contribution in [0.1, 0.15) is 35.7 Å². The maximum atomic E-state index is 12.4. The molecule has 1 fully saturated rings. The summed E-state index contributed by atoms with van der Waals surface area (Å²) in [6.07, 6.45) is 2.98. The van der Waals surface area contributed by atoms with Crippen LogP contribution in [0, 0.1) is 13.8 Å². The van der Waals surface area contributed by atoms with E-state index in [1.54, 1.807) is 6.92 Å². The Balaban J connectivity index is 1.42. The van der Waals surface area contributed by atoms with Crippen LogP contribution in [0.2, 0.25) is 0 Å². The molecular weight excluding hydrogens is 376 g/mol. The number of nitrogens with zero attached hydrogens (tertiary/aromatic N) is 1. The van der Waals surface area contributed by atoms with Crippen molar-refractivity contribution in [1.82, 2.24) is 10.3 Å². The molecule has 1 aromatic heterocycles. The SMILES string of the molecule is Cc1ccc2[nH]c3c(c2c1)CC(Nc1cccc(N2C(=O)NC(C)C2=O)c1C)CC3. The van der Waals surface area contributed by atoms with Gasteiger partial charge in [0.25, 0.3) is 5.91 Å². The second-order valence-electron chi connectivity index (χ2n) is 8.51. The molecule has 2 aliphatic rings. The molecule has 6 heteroatoms. The molecule has 3 amide bonds. The molecule has 3 aromatic rings. The van der Waals surface area contributed by atoms with E-state index in [1.807, 2.05) is 25.1 Å². The minimum absolute atomic E-state index is 0.211. The normalized spacial score (nSPS) is 21.1. The highest BCUT2D eigenvalue weighted by molar-refractivity contribution is 6.21. The summed E-state index contributed by atoms with van der Waals surface area (Å²) in [6, 6.07) is 11.8. The van der Waals surface area contributed by atoms with Gasteiger partial charge in [0.05, 0.1) is 5.69 Å². The van der Waals surface area contributed by atoms with Gasteiger partial charge in [-0.25, -0.2) is 9.69 Å². The predicted octanol–water partition coefficient (Wildman–Crippen LogP) is 4.20. The third-order valence-electron chi connectivity index (χ3n) is 6.38. The molecule has 2 atom stereocenters. The number of aromatic amines is 1. The molecule has 2 aromatic carbocycles. The summed E-state index contributed by atoms with van der Waals surface area (Å²) >= 11 is 0. The number of aryl methyl sites for hydroxylation is 2. The lowest BCUT2D eigenvalue weighted by Crippen LogP contribution is -2.32. The minimum atomic E-state index is -0.490. The topological polar surface area (TPSA) is 77.2 Å². The number of aromatic nitrogens is 1. The fraction of sp³-hybridized carbons (Fsp3) is 0.333. The zero-order chi connectivity index (χ0) is 21.0. The van der Waals surface area contributed by atoms with Gasteiger partial charge in [0, 0.05) is 28.3 Å². The average Bonchev–Trinajstić information content (AvgIpc) is 3.20. The Bertz CT molecular complexity index is 1180. The first-order chi connectivity index (χ1) is 14.4. The Morgan fingerprint density at radius 3 is 2.73 bits per heavy atom. The molecule has 154 valence electrons. The first-order valence-electron chi connectivity index (χ1n) is 10.5. The highest BCUT2D eigenvalue weighted by Gasteiger charge is 2.37. The molecule has 6 nitrogen and oxygen atoms in total. The van der Waals surface area contributed by atoms with E-state index in [9.17, 15) is 9.59 Å². The molecule has 0 radical (unpaired) electrons. The number of carbonyl (C=O) groups excluding carboxylic acids is 2. The number of rotatable bonds is 3. The Morgan fingerprint density at radius 2 is 1.97 bits per heavy atom. The first-order valence-corrected chi connectivity index (χ1v) is 10.5. The van der Waals surface area contributed by atoms with E-state index >= 15 is 0 Å². The molecule has 3 N–H and O–H groups in total. The molecular formula is C24H26N4O2. The van der Waals surface area contributed by atoms with Crippen LogP contribution >= 0.6 is 0 Å². The number of anilines is 2. The largest absolute Gasteiger partial charge is 0.382 e. The van der Waals surface area contributed by atoms with Crippen molar-refractivity contribution >= 4 is 34.2 Å². The fourth-order valence-corrected chi connectivity index (χ4v) is 4.73. The van der Waals surface area contributed by atoms with E-state index in [-0.39, 0.29) is 11.9 Å². The van der Waals surface area contributed by atoms with Crippen molar-refractivity contribution in [2.45, 2.75) is 52.1 Å². The molecule has 0 spiro atoms. The number of nitrogens with one attached hydrogen (secondary N) is 3. The van der Waals surface area contributed by atoms with Crippen LogP contribution in [0.4, 0.5) is 16.2 Å². The molecule has 2 heterocycles. The third-order valence-corrected chi connectivity index (χ3v) is 6.38. The van der Waals surface area contributed by atoms with E-state index in [4.69, 9.17) is 0 Å². The van der Waals surface area contributed by atoms with E-state index < -0.39 is 6.04 Å². The van der Waals surface area contributed by atoms with Crippen LogP contribution in [-0.2, 0) is 17.6 Å². The summed E-state index contributed by atoms with van der Waals surface area (Å²) in [5, 5.41) is 7.68. The summed E-state index contributed by atoms with van der Waals surface area (Å²) in [5.41, 5.74) is 7.74. The molecule has 30 heavy (non-hydrogen) atoms. The van der Waals surface area contributed by atoms with Crippen LogP contribution in [0.3, 0.4) is 0 Å². The third kappa shape index (κ3) is 2.95. The maximum Gasteiger partial charge on any atom is 0.329 e. The maximum absolute atomic E-state index is 12.4. The molecule has 0 saturated carbocycles. The van der Waals surface area contributed by atoms with E-state index in [0.29, 0.717) is 11.7 Å². The van der Waals surface area contributed by atoms with Crippen molar-refractivity contribution in [3.63, 3.8) is 0 Å². The lowest BCUT2D eigenvalue weighted by Gasteiger charge is -2.27. The number of carbonyl (C=O) groups is 2. The molecule has 1 aliphatic carbocycles. The molecule has 5 rings (SSSR count). The van der Waals surface area contributed by atoms with Crippen molar-refractivity contribution in [3.8, 4) is 0 Å². The van der Waals surface area contributed by atoms with Crippen LogP contribution in [0.25, 0.3) is 10.9 Å². The van der Waals surface area contributed by atoms with Crippen molar-refractivity contribution in [1.29, 1.82) is 0 Å². The summed E-state index contributed by atoms with van der Waals surface area (Å²) in [4.78, 5) is 29.6. The van der Waals surface area contributed by atoms with Gasteiger partial charge < -0.3 is 15.6 Å². The van der Waals surface area contributed by atoms with Crippen molar-refractivity contribution in [3.05, 3.63) is 58.8 Å². The van der Waals surface area contributed by atoms with Crippen LogP contribution in [0.5, 0.6) is 0 Å². The predicted molar refractivity (Wildman–Crippen MR) is 119 cm³/mol. The van der Waals surface area contributed by atoms with Gasteiger partial charge in [0.2, 0.25) is 0 Å². The molecule has 0 bridgehead atoms. The van der Waals surface area contributed by atoms with Gasteiger partial charge in [-0.05, 0) is 75.4 Å². The standard InChI is InChI=1S/C24H26N4O2/c1-13-7-9-20-17(11-13)18-12-16(8-10-21(18)27-20)26-19-5-4-6-22(14(19)2)28-23(29)15(3)25-24(28)30/h4-7,9,11,15-16,26-27H,8,10,12H2,1-3H3,(H,25,30). The Morgan fingerprint density at radius 1 is 1.13 bits per heavy atom. The summed E-state index contributed by atoms with van der Waals surface area (Å²) in [5.74, 6) is -0.211. The van der Waals surface area contributed by atoms with Crippen LogP contribution < -0.4 is 15.5 Å². The minimum Gasteiger partial charge on any atom is -0.382 e. The van der Waals surface area contributed by atoms with Gasteiger partial charge in [0.15, 0.2) is 0 Å². The van der Waals surface area contributed by atoms with Crippen LogP contribution in [0.15, 0.2) is 36.4 Å². The summed E-state index contributed by atoms with van der Waals surface area (Å²) < 4.78 is 0. The number of hydrogen-bond acceptors (Lipinski definition) is 3.